The van der Waals surface area contributed by atoms with Crippen molar-refractivity contribution in [3.05, 3.63) is 47.4 Å². The van der Waals surface area contributed by atoms with Gasteiger partial charge in [0.05, 0.1) is 0 Å². The van der Waals surface area contributed by atoms with Gasteiger partial charge in [0.2, 0.25) is 11.9 Å². The van der Waals surface area contributed by atoms with Crippen LogP contribution in [0.15, 0.2) is 30.3 Å². The van der Waals surface area contributed by atoms with E-state index in [9.17, 15) is 0 Å². The lowest BCUT2D eigenvalue weighted by molar-refractivity contribution is 0.311. The average molecular weight is 391 g/mol. The average Bonchev–Trinajstić information content (AvgIpc) is 3.12. The molecule has 0 radical (unpaired) electrons. The monoisotopic (exact) mass is 391 g/mol. The molecule has 1 saturated heterocycles. The first-order valence-corrected chi connectivity index (χ1v) is 9.57. The Hall–Kier alpha value is -3.46. The van der Waals surface area contributed by atoms with E-state index in [0.717, 1.165) is 43.1 Å². The van der Waals surface area contributed by atoms with E-state index in [2.05, 4.69) is 47.3 Å². The molecule has 150 valence electrons. The van der Waals surface area contributed by atoms with Crippen LogP contribution in [0, 0.1) is 6.92 Å². The minimum Gasteiger partial charge on any atom is -0.399 e. The zero-order valence-corrected chi connectivity index (χ0v) is 16.6. The third-order valence-electron chi connectivity index (χ3n) is 4.73. The topological polar surface area (TPSA) is 112 Å². The maximum Gasteiger partial charge on any atom is 0.233 e. The van der Waals surface area contributed by atoms with Crippen molar-refractivity contribution in [3.63, 3.8) is 0 Å². The van der Waals surface area contributed by atoms with Crippen molar-refractivity contribution in [2.24, 2.45) is 0 Å². The molecular formula is C20H25N9. The number of rotatable bonds is 5. The van der Waals surface area contributed by atoms with Crippen molar-refractivity contribution < 1.29 is 0 Å². The molecule has 3 heterocycles. The lowest BCUT2D eigenvalue weighted by Crippen LogP contribution is -2.45. The summed E-state index contributed by atoms with van der Waals surface area (Å²) in [6.45, 7) is 5.65. The number of aromatic nitrogens is 5. The van der Waals surface area contributed by atoms with Gasteiger partial charge >= 0.3 is 0 Å². The van der Waals surface area contributed by atoms with E-state index in [4.69, 9.17) is 5.73 Å². The zero-order valence-electron chi connectivity index (χ0n) is 16.6. The van der Waals surface area contributed by atoms with Crippen molar-refractivity contribution in [2.45, 2.75) is 6.92 Å². The number of likely N-dealkylation sites (N-methyl/N-ethyl adjacent to an activating group) is 1. The van der Waals surface area contributed by atoms with E-state index < -0.39 is 0 Å². The van der Waals surface area contributed by atoms with E-state index in [1.165, 1.54) is 0 Å². The molecule has 1 aromatic carbocycles. The Labute approximate surface area is 169 Å². The maximum absolute atomic E-state index is 5.76. The quantitative estimate of drug-likeness (QED) is 0.567. The summed E-state index contributed by atoms with van der Waals surface area (Å²) in [5, 5.41) is 10.3. The zero-order chi connectivity index (χ0) is 20.2. The number of aromatic amines is 1. The van der Waals surface area contributed by atoms with Gasteiger partial charge in [-0.05, 0) is 37.7 Å². The molecular weight excluding hydrogens is 366 g/mol. The second-order valence-corrected chi connectivity index (χ2v) is 7.17. The standard InChI is InChI=1S/C20H25N9/c1-14-13-18(27-26-14)23-19-22-17(8-5-15-3-6-16(21)7-4-15)24-20(25-19)29-11-9-28(2)10-12-29/h3-8,13H,9-12,21H2,1-2H3,(H2,22,23,24,25,26,27)/b8-5+. The number of piperazine rings is 1. The van der Waals surface area contributed by atoms with Crippen LogP contribution >= 0.6 is 0 Å². The minimum absolute atomic E-state index is 0.470. The first-order chi connectivity index (χ1) is 14.0. The second-order valence-electron chi connectivity index (χ2n) is 7.17. The Bertz CT molecular complexity index is 985. The third-order valence-corrected chi connectivity index (χ3v) is 4.73. The molecule has 0 atom stereocenters. The molecule has 2 aromatic heterocycles. The molecule has 0 aliphatic carbocycles. The highest BCUT2D eigenvalue weighted by atomic mass is 15.3. The predicted molar refractivity (Wildman–Crippen MR) is 116 cm³/mol. The van der Waals surface area contributed by atoms with E-state index in [0.29, 0.717) is 23.5 Å². The first kappa shape index (κ1) is 18.9. The Morgan fingerprint density at radius 3 is 2.48 bits per heavy atom. The normalized spacial score (nSPS) is 15.2. The largest absolute Gasteiger partial charge is 0.399 e. The summed E-state index contributed by atoms with van der Waals surface area (Å²) in [4.78, 5) is 18.3. The van der Waals surface area contributed by atoms with Crippen molar-refractivity contribution in [1.29, 1.82) is 0 Å². The van der Waals surface area contributed by atoms with Gasteiger partial charge in [-0.15, -0.1) is 0 Å². The number of hydrogen-bond donors (Lipinski definition) is 3. The van der Waals surface area contributed by atoms with Crippen molar-refractivity contribution in [1.82, 2.24) is 30.0 Å². The van der Waals surface area contributed by atoms with Crippen LogP contribution in [0.25, 0.3) is 12.2 Å². The van der Waals surface area contributed by atoms with Crippen LogP contribution in [-0.2, 0) is 0 Å². The van der Waals surface area contributed by atoms with Crippen molar-refractivity contribution in [3.8, 4) is 0 Å². The highest BCUT2D eigenvalue weighted by Crippen LogP contribution is 2.18. The van der Waals surface area contributed by atoms with Crippen molar-refractivity contribution >= 4 is 35.6 Å². The minimum atomic E-state index is 0.470. The summed E-state index contributed by atoms with van der Waals surface area (Å²) >= 11 is 0. The molecule has 3 aromatic rings. The molecule has 0 bridgehead atoms. The van der Waals surface area contributed by atoms with Crippen LogP contribution in [0.2, 0.25) is 0 Å². The molecule has 4 N–H and O–H groups in total. The van der Waals surface area contributed by atoms with E-state index in [-0.39, 0.29) is 0 Å². The summed E-state index contributed by atoms with van der Waals surface area (Å²) in [6, 6.07) is 9.56. The van der Waals surface area contributed by atoms with Crippen LogP contribution in [0.4, 0.5) is 23.4 Å². The van der Waals surface area contributed by atoms with Gasteiger partial charge in [-0.1, -0.05) is 18.2 Å². The van der Waals surface area contributed by atoms with Crippen LogP contribution < -0.4 is 16.0 Å². The summed E-state index contributed by atoms with van der Waals surface area (Å²) in [7, 11) is 2.12. The summed E-state index contributed by atoms with van der Waals surface area (Å²) in [6.07, 6.45) is 3.85. The van der Waals surface area contributed by atoms with E-state index in [1.54, 1.807) is 0 Å². The Kier molecular flexibility index (Phi) is 5.39. The Morgan fingerprint density at radius 1 is 1.03 bits per heavy atom. The number of anilines is 4. The fourth-order valence-electron chi connectivity index (χ4n) is 3.03. The number of nitrogen functional groups attached to an aromatic ring is 1. The predicted octanol–water partition coefficient (Wildman–Crippen LogP) is 2.15. The summed E-state index contributed by atoms with van der Waals surface area (Å²) in [5.41, 5.74) is 8.48. The van der Waals surface area contributed by atoms with Crippen LogP contribution in [0.1, 0.15) is 17.1 Å². The highest BCUT2D eigenvalue weighted by Gasteiger charge is 2.18. The molecule has 4 rings (SSSR count). The molecule has 1 aliphatic heterocycles. The van der Waals surface area contributed by atoms with E-state index in [1.807, 2.05) is 49.4 Å². The first-order valence-electron chi connectivity index (χ1n) is 9.57. The van der Waals surface area contributed by atoms with Gasteiger partial charge in [-0.3, -0.25) is 5.10 Å². The molecule has 9 heteroatoms. The number of nitrogens with zero attached hydrogens (tertiary/aromatic N) is 6. The number of hydrogen-bond acceptors (Lipinski definition) is 8. The van der Waals surface area contributed by atoms with Gasteiger partial charge < -0.3 is 20.9 Å². The van der Waals surface area contributed by atoms with Gasteiger partial charge in [0.25, 0.3) is 0 Å². The molecule has 0 spiro atoms. The fourth-order valence-corrected chi connectivity index (χ4v) is 3.03. The molecule has 1 fully saturated rings. The van der Waals surface area contributed by atoms with Gasteiger partial charge in [0.1, 0.15) is 0 Å². The van der Waals surface area contributed by atoms with E-state index >= 15 is 0 Å². The number of H-pyrrole nitrogens is 1. The summed E-state index contributed by atoms with van der Waals surface area (Å²) in [5.74, 6) is 2.39. The van der Waals surface area contributed by atoms with Gasteiger partial charge in [0.15, 0.2) is 11.6 Å². The third kappa shape index (κ3) is 4.88. The van der Waals surface area contributed by atoms with Gasteiger partial charge in [-0.2, -0.15) is 20.1 Å². The smallest absolute Gasteiger partial charge is 0.233 e. The molecule has 0 unspecified atom stereocenters. The molecule has 0 amide bonds. The molecule has 29 heavy (non-hydrogen) atoms. The summed E-state index contributed by atoms with van der Waals surface area (Å²) < 4.78 is 0. The number of nitrogens with two attached hydrogens (primary N) is 1. The second kappa shape index (κ2) is 8.27. The Balaban J connectivity index is 1.62. The SMILES string of the molecule is Cc1cc(Nc2nc(/C=C/c3ccc(N)cc3)nc(N3CCN(C)CC3)n2)n[nH]1. The molecule has 9 nitrogen and oxygen atoms in total. The fraction of sp³-hybridized carbons (Fsp3) is 0.300. The highest BCUT2D eigenvalue weighted by molar-refractivity contribution is 5.68. The van der Waals surface area contributed by atoms with Crippen LogP contribution in [-0.4, -0.2) is 63.3 Å². The molecule has 1 aliphatic rings. The van der Waals surface area contributed by atoms with Crippen molar-refractivity contribution in [2.75, 3.05) is 49.2 Å². The molecule has 0 saturated carbocycles. The van der Waals surface area contributed by atoms with Crippen LogP contribution in [0.5, 0.6) is 0 Å². The lowest BCUT2D eigenvalue weighted by Gasteiger charge is -2.32. The van der Waals surface area contributed by atoms with Gasteiger partial charge in [0, 0.05) is 43.6 Å². The van der Waals surface area contributed by atoms with Crippen LogP contribution in [0.3, 0.4) is 0 Å². The Morgan fingerprint density at radius 2 is 1.79 bits per heavy atom. The lowest BCUT2D eigenvalue weighted by atomic mass is 10.2. The van der Waals surface area contributed by atoms with Gasteiger partial charge in [-0.25, -0.2) is 0 Å². The number of nitrogens with one attached hydrogen (secondary N) is 2. The number of benzene rings is 1. The maximum atomic E-state index is 5.76. The number of aryl methyl sites for hydroxylation is 1.